The maximum absolute atomic E-state index is 7.08. The predicted molar refractivity (Wildman–Crippen MR) is 140 cm³/mol. The molecule has 7 rings (SSSR count). The fourth-order valence-corrected chi connectivity index (χ4v) is 10.5. The second-order valence-electron chi connectivity index (χ2n) is 14.1. The van der Waals surface area contributed by atoms with E-state index in [4.69, 9.17) is 4.74 Å². The van der Waals surface area contributed by atoms with Crippen LogP contribution in [0.1, 0.15) is 91.9 Å². The van der Waals surface area contributed by atoms with Crippen LogP contribution in [-0.4, -0.2) is 35.3 Å². The highest BCUT2D eigenvalue weighted by atomic mass is 16.5. The van der Waals surface area contributed by atoms with E-state index in [0.29, 0.717) is 29.5 Å². The summed E-state index contributed by atoms with van der Waals surface area (Å²) in [5.41, 5.74) is 10.7. The molecule has 0 aromatic heterocycles. The first-order valence-corrected chi connectivity index (χ1v) is 14.9. The Hall–Kier alpha value is -1.04. The molecule has 1 spiro atoms. The summed E-state index contributed by atoms with van der Waals surface area (Å²) in [6, 6.07) is 1.21. The lowest BCUT2D eigenvalue weighted by Gasteiger charge is -2.55. The molecule has 5 heteroatoms. The number of ether oxygens (including phenoxy) is 1. The average Bonchev–Trinajstić information content (AvgIpc) is 3.53. The molecular formula is C30H48N4O. The summed E-state index contributed by atoms with van der Waals surface area (Å²) < 4.78 is 7.08. The van der Waals surface area contributed by atoms with Gasteiger partial charge in [-0.25, -0.2) is 0 Å². The molecule has 35 heavy (non-hydrogen) atoms. The summed E-state index contributed by atoms with van der Waals surface area (Å²) in [6.45, 7) is 11.2. The number of nitrogens with one attached hydrogen (secondary N) is 3. The fourth-order valence-electron chi connectivity index (χ4n) is 10.5. The van der Waals surface area contributed by atoms with Crippen LogP contribution < -0.4 is 16.3 Å². The largest absolute Gasteiger partial charge is 0.369 e. The van der Waals surface area contributed by atoms with Gasteiger partial charge in [0.05, 0.1) is 11.7 Å². The second-order valence-corrected chi connectivity index (χ2v) is 14.1. The van der Waals surface area contributed by atoms with Crippen molar-refractivity contribution in [2.24, 2.45) is 40.9 Å². The van der Waals surface area contributed by atoms with Crippen molar-refractivity contribution >= 4 is 0 Å². The summed E-state index contributed by atoms with van der Waals surface area (Å²) in [5, 5.41) is 6.21. The van der Waals surface area contributed by atoms with E-state index in [2.05, 4.69) is 55.2 Å². The Balaban J connectivity index is 1.12. The van der Waals surface area contributed by atoms with Crippen molar-refractivity contribution < 1.29 is 4.74 Å². The molecule has 0 aromatic carbocycles. The third-order valence-electron chi connectivity index (χ3n) is 12.5. The molecule has 2 saturated heterocycles. The lowest BCUT2D eigenvalue weighted by atomic mass is 9.52. The van der Waals surface area contributed by atoms with Gasteiger partial charge in [-0.05, 0) is 113 Å². The highest BCUT2D eigenvalue weighted by Crippen LogP contribution is 2.65. The first kappa shape index (κ1) is 23.1. The van der Waals surface area contributed by atoms with Gasteiger partial charge in [0.2, 0.25) is 0 Å². The summed E-state index contributed by atoms with van der Waals surface area (Å²) in [4.78, 5) is 0. The summed E-state index contributed by atoms with van der Waals surface area (Å²) in [7, 11) is 0. The Bertz CT molecular complexity index is 916. The van der Waals surface area contributed by atoms with Crippen molar-refractivity contribution in [1.29, 1.82) is 0 Å². The minimum absolute atomic E-state index is 0.0761. The van der Waals surface area contributed by atoms with E-state index < -0.39 is 0 Å². The molecule has 3 saturated carbocycles. The van der Waals surface area contributed by atoms with Gasteiger partial charge < -0.3 is 15.5 Å². The van der Waals surface area contributed by atoms with Crippen LogP contribution in [0.15, 0.2) is 23.5 Å². The van der Waals surface area contributed by atoms with Crippen LogP contribution >= 0.6 is 0 Å². The highest BCUT2D eigenvalue weighted by molar-refractivity contribution is 5.29. The lowest BCUT2D eigenvalue weighted by molar-refractivity contribution is -0.0765. The SMILES string of the molecule is CC1=C2C[C@H]3[C@@H](CC[C@@H]4C[C@@H](N5C=CNN5)CC[C@@]43C)[C@@H]2CC[C@@]2(C1)O[C@@H]1C[C@H](C)CN[C@H]1[C@H]2C. The van der Waals surface area contributed by atoms with Crippen LogP contribution in [0, 0.1) is 40.9 Å². The zero-order chi connectivity index (χ0) is 23.9. The van der Waals surface area contributed by atoms with Crippen LogP contribution in [0.5, 0.6) is 0 Å². The summed E-state index contributed by atoms with van der Waals surface area (Å²) in [5.74, 6) is 4.88. The Morgan fingerprint density at radius 2 is 1.97 bits per heavy atom. The fraction of sp³-hybridized carbons (Fsp3) is 0.867. The molecule has 0 aromatic rings. The first-order valence-electron chi connectivity index (χ1n) is 14.9. The van der Waals surface area contributed by atoms with E-state index in [9.17, 15) is 0 Å². The number of hydrazine groups is 2. The lowest BCUT2D eigenvalue weighted by Crippen LogP contribution is -2.52. The number of rotatable bonds is 1. The number of hydrogen-bond acceptors (Lipinski definition) is 5. The van der Waals surface area contributed by atoms with Gasteiger partial charge >= 0.3 is 0 Å². The van der Waals surface area contributed by atoms with Crippen LogP contribution in [0.2, 0.25) is 0 Å². The molecule has 0 unspecified atom stereocenters. The van der Waals surface area contributed by atoms with E-state index >= 15 is 0 Å². The van der Waals surface area contributed by atoms with E-state index in [0.717, 1.165) is 29.6 Å². The van der Waals surface area contributed by atoms with E-state index in [1.165, 1.54) is 70.8 Å². The Morgan fingerprint density at radius 3 is 2.80 bits per heavy atom. The molecule has 3 N–H and O–H groups in total. The minimum Gasteiger partial charge on any atom is -0.369 e. The zero-order valence-corrected chi connectivity index (χ0v) is 22.5. The third-order valence-corrected chi connectivity index (χ3v) is 12.5. The minimum atomic E-state index is 0.0761. The van der Waals surface area contributed by atoms with Gasteiger partial charge in [-0.2, -0.15) is 0 Å². The molecule has 194 valence electrons. The molecule has 4 aliphatic carbocycles. The van der Waals surface area contributed by atoms with Crippen molar-refractivity contribution in [1.82, 2.24) is 21.3 Å². The van der Waals surface area contributed by atoms with Crippen LogP contribution in [0.25, 0.3) is 0 Å². The van der Waals surface area contributed by atoms with Gasteiger partial charge in [0.1, 0.15) is 0 Å². The highest BCUT2D eigenvalue weighted by Gasteiger charge is 2.59. The van der Waals surface area contributed by atoms with E-state index in [1.54, 1.807) is 5.57 Å². The van der Waals surface area contributed by atoms with Crippen molar-refractivity contribution in [2.75, 3.05) is 6.54 Å². The van der Waals surface area contributed by atoms with Crippen molar-refractivity contribution in [3.63, 3.8) is 0 Å². The van der Waals surface area contributed by atoms with Crippen molar-refractivity contribution in [2.45, 2.75) is 116 Å². The molecule has 0 bridgehead atoms. The number of fused-ring (bicyclic) bond motifs is 6. The normalized spacial score (nSPS) is 53.1. The maximum atomic E-state index is 7.08. The molecular weight excluding hydrogens is 432 g/mol. The molecule has 0 radical (unpaired) electrons. The van der Waals surface area contributed by atoms with Gasteiger partial charge in [-0.15, -0.1) is 5.53 Å². The zero-order valence-electron chi connectivity index (χ0n) is 22.5. The first-order chi connectivity index (χ1) is 16.9. The molecule has 11 atom stereocenters. The standard InChI is InChI=1S/C30H48N4O/c1-18-13-27-28(31-17-18)20(3)30(35-27)10-8-23-24-6-5-21-14-22(34-12-11-32-33-34)7-9-29(21,4)26(24)15-25(23)19(2)16-30/h11-12,18,20-24,26-28,31-33H,5-10,13-17H2,1-4H3/t18-,20+,21+,22-,23-,24-,26-,27+,28-,29-,30-/m0/s1. The maximum Gasteiger partial charge on any atom is 0.0765 e. The predicted octanol–water partition coefficient (Wildman–Crippen LogP) is 5.28. The molecule has 5 nitrogen and oxygen atoms in total. The monoisotopic (exact) mass is 480 g/mol. The van der Waals surface area contributed by atoms with Gasteiger partial charge in [0, 0.05) is 30.4 Å². The summed E-state index contributed by atoms with van der Waals surface area (Å²) >= 11 is 0. The molecule has 0 amide bonds. The Kier molecular flexibility index (Phi) is 5.43. The van der Waals surface area contributed by atoms with Gasteiger partial charge in [0.15, 0.2) is 0 Å². The Labute approximate surface area is 212 Å². The van der Waals surface area contributed by atoms with Gasteiger partial charge in [-0.3, -0.25) is 5.01 Å². The molecule has 7 aliphatic rings. The second kappa shape index (κ2) is 8.23. The molecule has 5 fully saturated rings. The molecule has 3 heterocycles. The summed E-state index contributed by atoms with van der Waals surface area (Å²) in [6.07, 6.45) is 18.0. The third kappa shape index (κ3) is 3.43. The quantitative estimate of drug-likeness (QED) is 0.446. The van der Waals surface area contributed by atoms with E-state index in [1.807, 2.05) is 11.8 Å². The van der Waals surface area contributed by atoms with Crippen molar-refractivity contribution in [3.05, 3.63) is 23.5 Å². The van der Waals surface area contributed by atoms with Crippen LogP contribution in [0.4, 0.5) is 0 Å². The van der Waals surface area contributed by atoms with E-state index in [-0.39, 0.29) is 5.60 Å². The topological polar surface area (TPSA) is 48.6 Å². The average molecular weight is 481 g/mol. The van der Waals surface area contributed by atoms with Crippen molar-refractivity contribution in [3.8, 4) is 0 Å². The van der Waals surface area contributed by atoms with Gasteiger partial charge in [-0.1, -0.05) is 31.9 Å². The number of hydrogen-bond donors (Lipinski definition) is 3. The number of allylic oxidation sites excluding steroid dienone is 1. The number of nitrogens with zero attached hydrogens (tertiary/aromatic N) is 1. The number of piperidine rings is 1. The smallest absolute Gasteiger partial charge is 0.0765 e. The van der Waals surface area contributed by atoms with Crippen LogP contribution in [-0.2, 0) is 4.74 Å². The van der Waals surface area contributed by atoms with Gasteiger partial charge in [0.25, 0.3) is 0 Å². The molecule has 3 aliphatic heterocycles. The van der Waals surface area contributed by atoms with Crippen LogP contribution in [0.3, 0.4) is 0 Å². The Morgan fingerprint density at radius 1 is 1.09 bits per heavy atom.